The lowest BCUT2D eigenvalue weighted by atomic mass is 9.95. The first kappa shape index (κ1) is 24.8. The molecule has 6 heteroatoms. The molecule has 0 radical (unpaired) electrons. The topological polar surface area (TPSA) is 63.9 Å². The van der Waals surface area contributed by atoms with Gasteiger partial charge < -0.3 is 0 Å². The fourth-order valence-corrected chi connectivity index (χ4v) is 5.18. The van der Waals surface area contributed by atoms with E-state index < -0.39 is 0 Å². The molecule has 0 bridgehead atoms. The summed E-state index contributed by atoms with van der Waals surface area (Å²) >= 11 is 0. The number of aromatic nitrogens is 4. The van der Waals surface area contributed by atoms with Crippen molar-refractivity contribution in [1.29, 1.82) is 0 Å². The van der Waals surface area contributed by atoms with Gasteiger partial charge in [0, 0.05) is 79.0 Å². The van der Waals surface area contributed by atoms with Gasteiger partial charge in [0.15, 0.2) is 0 Å². The molecule has 0 saturated heterocycles. The maximum atomic E-state index is 12.4. The molecule has 3 aromatic heterocycles. The number of benzene rings is 1. The summed E-state index contributed by atoms with van der Waals surface area (Å²) in [6.07, 6.45) is 9.15. The normalized spacial score (nSPS) is 15.6. The largest absolute Gasteiger partial charge is 0.296 e. The molecule has 0 amide bonds. The molecule has 4 heterocycles. The highest BCUT2D eigenvalue weighted by molar-refractivity contribution is 5.83. The second-order valence-corrected chi connectivity index (χ2v) is 9.86. The number of pyridine rings is 2. The molecule has 6 nitrogen and oxygen atoms in total. The van der Waals surface area contributed by atoms with Gasteiger partial charge in [-0.2, -0.15) is 0 Å². The fourth-order valence-electron chi connectivity index (χ4n) is 5.18. The Bertz CT molecular complexity index is 1600. The minimum atomic E-state index is -0.0362. The first-order chi connectivity index (χ1) is 17.9. The van der Waals surface area contributed by atoms with Gasteiger partial charge >= 0.3 is 0 Å². The standard InChI is InChI=1S/C31H33N5O/c1-6-9-29(21(3)22(4)31-34-20(2)14-30(37)35(31)5)36-13-12-28-26(19-36)16-25(18-33-28)24-15-23-10-7-8-11-27(23)32-17-24/h6-11,14-18,29H,12-13,19H2,1-5H3/b9-6-,22-21-. The third-order valence-corrected chi connectivity index (χ3v) is 7.39. The van der Waals surface area contributed by atoms with Gasteiger partial charge in [0.2, 0.25) is 0 Å². The van der Waals surface area contributed by atoms with E-state index in [-0.39, 0.29) is 11.6 Å². The van der Waals surface area contributed by atoms with E-state index in [4.69, 9.17) is 9.97 Å². The highest BCUT2D eigenvalue weighted by Crippen LogP contribution is 2.30. The lowest BCUT2D eigenvalue weighted by molar-refractivity contribution is 0.230. The molecule has 1 aromatic carbocycles. The molecule has 5 rings (SSSR count). The van der Waals surface area contributed by atoms with Crippen LogP contribution in [0.4, 0.5) is 0 Å². The maximum Gasteiger partial charge on any atom is 0.253 e. The average molecular weight is 492 g/mol. The van der Waals surface area contributed by atoms with Gasteiger partial charge in [0.25, 0.3) is 5.56 Å². The predicted octanol–water partition coefficient (Wildman–Crippen LogP) is 5.50. The summed E-state index contributed by atoms with van der Waals surface area (Å²) in [5, 5.41) is 1.13. The number of nitrogens with zero attached hydrogens (tertiary/aromatic N) is 5. The van der Waals surface area contributed by atoms with Gasteiger partial charge in [0.05, 0.1) is 5.52 Å². The van der Waals surface area contributed by atoms with Crippen molar-refractivity contribution in [1.82, 2.24) is 24.4 Å². The van der Waals surface area contributed by atoms with Crippen molar-refractivity contribution in [2.45, 2.75) is 46.7 Å². The highest BCUT2D eigenvalue weighted by atomic mass is 16.1. The van der Waals surface area contributed by atoms with Crippen molar-refractivity contribution in [2.75, 3.05) is 6.54 Å². The number of fused-ring (bicyclic) bond motifs is 2. The zero-order valence-electron chi connectivity index (χ0n) is 22.2. The highest BCUT2D eigenvalue weighted by Gasteiger charge is 2.26. The first-order valence-corrected chi connectivity index (χ1v) is 12.8. The van der Waals surface area contributed by atoms with Gasteiger partial charge in [-0.15, -0.1) is 0 Å². The molecule has 188 valence electrons. The Labute approximate surface area is 218 Å². The van der Waals surface area contributed by atoms with E-state index in [0.29, 0.717) is 0 Å². The van der Waals surface area contributed by atoms with E-state index >= 15 is 0 Å². The smallest absolute Gasteiger partial charge is 0.253 e. The number of hydrogen-bond donors (Lipinski definition) is 0. The van der Waals surface area contributed by atoms with Crippen LogP contribution in [-0.4, -0.2) is 37.0 Å². The van der Waals surface area contributed by atoms with E-state index in [1.165, 1.54) is 11.1 Å². The van der Waals surface area contributed by atoms with Crippen molar-refractivity contribution in [3.05, 3.63) is 106 Å². The van der Waals surface area contributed by atoms with Crippen molar-refractivity contribution in [3.8, 4) is 11.1 Å². The van der Waals surface area contributed by atoms with Gasteiger partial charge in [-0.1, -0.05) is 30.4 Å². The molecule has 1 unspecified atom stereocenters. The van der Waals surface area contributed by atoms with Crippen LogP contribution in [0.15, 0.2) is 77.4 Å². The zero-order chi connectivity index (χ0) is 26.1. The van der Waals surface area contributed by atoms with Crippen LogP contribution in [0, 0.1) is 6.92 Å². The molecule has 1 atom stereocenters. The van der Waals surface area contributed by atoms with Gasteiger partial charge in [-0.05, 0) is 62.6 Å². The molecule has 0 spiro atoms. The number of aryl methyl sites for hydroxylation is 1. The third-order valence-electron chi connectivity index (χ3n) is 7.39. The van der Waals surface area contributed by atoms with Crippen LogP contribution in [0.3, 0.4) is 0 Å². The van der Waals surface area contributed by atoms with Gasteiger partial charge in [-0.25, -0.2) is 4.98 Å². The Hall–Kier alpha value is -3.90. The Kier molecular flexibility index (Phi) is 6.85. The summed E-state index contributed by atoms with van der Waals surface area (Å²) in [6, 6.07) is 14.3. The third kappa shape index (κ3) is 4.89. The molecule has 1 aliphatic heterocycles. The Balaban J connectivity index is 1.48. The summed E-state index contributed by atoms with van der Waals surface area (Å²) in [5.74, 6) is 0.724. The van der Waals surface area contributed by atoms with Crippen LogP contribution < -0.4 is 5.56 Å². The Morgan fingerprint density at radius 2 is 1.81 bits per heavy atom. The molecule has 0 N–H and O–H groups in total. The van der Waals surface area contributed by atoms with Crippen molar-refractivity contribution in [2.24, 2.45) is 7.05 Å². The molecule has 0 fully saturated rings. The molecular formula is C31H33N5O. The fraction of sp³-hybridized carbons (Fsp3) is 0.290. The maximum absolute atomic E-state index is 12.4. The number of allylic oxidation sites excluding steroid dienone is 2. The van der Waals surface area contributed by atoms with E-state index in [1.54, 1.807) is 17.7 Å². The monoisotopic (exact) mass is 491 g/mol. The minimum absolute atomic E-state index is 0.0362. The van der Waals surface area contributed by atoms with Crippen molar-refractivity contribution < 1.29 is 0 Å². The van der Waals surface area contributed by atoms with E-state index in [2.05, 4.69) is 61.0 Å². The SMILES string of the molecule is C/C=C\C(/C(C)=C(/C)c1nc(C)cc(=O)n1C)N1CCc2ncc(-c3cnc4ccccc4c3)cc2C1. The Morgan fingerprint density at radius 1 is 1.05 bits per heavy atom. The number of para-hydroxylation sites is 1. The van der Waals surface area contributed by atoms with Crippen molar-refractivity contribution in [3.63, 3.8) is 0 Å². The van der Waals surface area contributed by atoms with E-state index in [0.717, 1.165) is 64.3 Å². The summed E-state index contributed by atoms with van der Waals surface area (Å²) in [7, 11) is 1.79. The second-order valence-electron chi connectivity index (χ2n) is 9.86. The molecule has 1 aliphatic rings. The van der Waals surface area contributed by atoms with Crippen LogP contribution in [-0.2, 0) is 20.0 Å². The zero-order valence-corrected chi connectivity index (χ0v) is 22.2. The predicted molar refractivity (Wildman–Crippen MR) is 150 cm³/mol. The summed E-state index contributed by atoms with van der Waals surface area (Å²) in [5.41, 5.74) is 8.50. The summed E-state index contributed by atoms with van der Waals surface area (Å²) in [4.78, 5) is 29.1. The quantitative estimate of drug-likeness (QED) is 0.345. The van der Waals surface area contributed by atoms with Crippen LogP contribution >= 0.6 is 0 Å². The van der Waals surface area contributed by atoms with Crippen molar-refractivity contribution >= 4 is 16.5 Å². The first-order valence-electron chi connectivity index (χ1n) is 12.8. The van der Waals surface area contributed by atoms with Gasteiger partial charge in [-0.3, -0.25) is 24.2 Å². The van der Waals surface area contributed by atoms with E-state index in [9.17, 15) is 4.79 Å². The van der Waals surface area contributed by atoms with Crippen LogP contribution in [0.25, 0.3) is 27.6 Å². The average Bonchev–Trinajstić information content (AvgIpc) is 2.92. The lowest BCUT2D eigenvalue weighted by Gasteiger charge is -2.35. The lowest BCUT2D eigenvalue weighted by Crippen LogP contribution is -2.39. The number of rotatable bonds is 5. The van der Waals surface area contributed by atoms with Gasteiger partial charge in [0.1, 0.15) is 5.82 Å². The summed E-state index contributed by atoms with van der Waals surface area (Å²) < 4.78 is 1.64. The van der Waals surface area contributed by atoms with Crippen LogP contribution in [0.2, 0.25) is 0 Å². The van der Waals surface area contributed by atoms with Crippen LogP contribution in [0.1, 0.15) is 43.5 Å². The van der Waals surface area contributed by atoms with Crippen LogP contribution in [0.5, 0.6) is 0 Å². The summed E-state index contributed by atoms with van der Waals surface area (Å²) in [6.45, 7) is 9.86. The molecule has 0 saturated carbocycles. The Morgan fingerprint density at radius 3 is 2.62 bits per heavy atom. The number of hydrogen-bond acceptors (Lipinski definition) is 5. The molecule has 4 aromatic rings. The minimum Gasteiger partial charge on any atom is -0.296 e. The molecule has 0 aliphatic carbocycles. The molecular weight excluding hydrogens is 458 g/mol. The second kappa shape index (κ2) is 10.2. The van der Waals surface area contributed by atoms with E-state index in [1.807, 2.05) is 37.5 Å². The molecule has 37 heavy (non-hydrogen) atoms.